The van der Waals surface area contributed by atoms with E-state index in [2.05, 4.69) is 23.8 Å². The van der Waals surface area contributed by atoms with Crippen molar-refractivity contribution in [1.82, 2.24) is 9.97 Å². The third-order valence-corrected chi connectivity index (χ3v) is 3.96. The van der Waals surface area contributed by atoms with Crippen molar-refractivity contribution in [2.45, 2.75) is 24.1 Å². The molecule has 1 aliphatic rings. The van der Waals surface area contributed by atoms with Crippen molar-refractivity contribution >= 4 is 35.5 Å². The number of carbonyl (C=O) groups excluding carboxylic acids is 1. The van der Waals surface area contributed by atoms with Crippen LogP contribution in [-0.4, -0.2) is 47.8 Å². The molecule has 1 aromatic heterocycles. The largest absolute Gasteiger partial charge is 0.378 e. The first kappa shape index (κ1) is 14.6. The maximum atomic E-state index is 11.1. The summed E-state index contributed by atoms with van der Waals surface area (Å²) in [7, 11) is 0. The summed E-state index contributed by atoms with van der Waals surface area (Å²) in [6.07, 6.45) is 0.702. The van der Waals surface area contributed by atoms with Crippen LogP contribution in [0.15, 0.2) is 5.03 Å². The quantitative estimate of drug-likeness (QED) is 0.628. The zero-order valence-electron chi connectivity index (χ0n) is 10.9. The summed E-state index contributed by atoms with van der Waals surface area (Å²) in [6, 6.07) is 0. The Labute approximate surface area is 121 Å². The van der Waals surface area contributed by atoms with Crippen LogP contribution in [0.25, 0.3) is 0 Å². The van der Waals surface area contributed by atoms with Gasteiger partial charge in [-0.15, -0.1) is 11.8 Å². The normalized spacial score (nSPS) is 15.9. The van der Waals surface area contributed by atoms with E-state index < -0.39 is 0 Å². The number of rotatable bonds is 4. The van der Waals surface area contributed by atoms with E-state index in [1.54, 1.807) is 11.8 Å². The number of hydrogen-bond acceptors (Lipinski definition) is 6. The van der Waals surface area contributed by atoms with Gasteiger partial charge in [-0.1, -0.05) is 25.4 Å². The zero-order chi connectivity index (χ0) is 13.8. The maximum Gasteiger partial charge on any atom is 0.172 e. The van der Waals surface area contributed by atoms with Crippen LogP contribution in [0.1, 0.15) is 24.3 Å². The first-order valence-corrected chi connectivity index (χ1v) is 7.39. The molecule has 0 unspecified atom stereocenters. The van der Waals surface area contributed by atoms with Crippen molar-refractivity contribution in [3.8, 4) is 0 Å². The lowest BCUT2D eigenvalue weighted by Gasteiger charge is -2.28. The second kappa shape index (κ2) is 6.54. The number of aldehydes is 1. The Kier molecular flexibility index (Phi) is 5.01. The molecule has 104 valence electrons. The average molecular weight is 302 g/mol. The number of anilines is 1. The highest BCUT2D eigenvalue weighted by Crippen LogP contribution is 2.30. The van der Waals surface area contributed by atoms with Crippen LogP contribution in [0.5, 0.6) is 0 Å². The Bertz CT molecular complexity index is 465. The lowest BCUT2D eigenvalue weighted by molar-refractivity contribution is 0.111. The molecule has 2 heterocycles. The minimum atomic E-state index is 0.290. The lowest BCUT2D eigenvalue weighted by Crippen LogP contribution is -2.37. The monoisotopic (exact) mass is 301 g/mol. The number of hydrogen-bond donors (Lipinski definition) is 0. The molecule has 19 heavy (non-hydrogen) atoms. The molecule has 0 spiro atoms. The van der Waals surface area contributed by atoms with Gasteiger partial charge in [0, 0.05) is 18.3 Å². The maximum absolute atomic E-state index is 11.1. The van der Waals surface area contributed by atoms with Crippen LogP contribution in [0.3, 0.4) is 0 Å². The summed E-state index contributed by atoms with van der Waals surface area (Å²) in [5.74, 6) is 0.603. The van der Waals surface area contributed by atoms with E-state index in [1.807, 2.05) is 4.90 Å². The molecule has 1 aromatic rings. The third-order valence-electron chi connectivity index (χ3n) is 2.60. The highest BCUT2D eigenvalue weighted by molar-refractivity contribution is 7.99. The summed E-state index contributed by atoms with van der Waals surface area (Å²) in [5.41, 5.74) is 0.292. The fraction of sp³-hybridized carbons (Fsp3) is 0.583. The number of nitrogens with zero attached hydrogens (tertiary/aromatic N) is 3. The fourth-order valence-corrected chi connectivity index (χ4v) is 2.78. The molecule has 0 aromatic carbocycles. The van der Waals surface area contributed by atoms with Crippen LogP contribution < -0.4 is 4.90 Å². The van der Waals surface area contributed by atoms with E-state index in [0.29, 0.717) is 54.4 Å². The molecule has 5 nitrogen and oxygen atoms in total. The highest BCUT2D eigenvalue weighted by Gasteiger charge is 2.20. The third kappa shape index (κ3) is 3.58. The number of carbonyl (C=O) groups is 1. The standard InChI is InChI=1S/C12H16ClN3O2S/c1-8(2)19-12-10(13)14-9(7-17)11(15-12)16-3-5-18-6-4-16/h7-8H,3-6H2,1-2H3. The summed E-state index contributed by atoms with van der Waals surface area (Å²) in [6.45, 7) is 6.81. The van der Waals surface area contributed by atoms with Gasteiger partial charge in [0.25, 0.3) is 0 Å². The summed E-state index contributed by atoms with van der Waals surface area (Å²) < 4.78 is 5.30. The molecule has 0 amide bonds. The van der Waals surface area contributed by atoms with E-state index in [0.717, 1.165) is 0 Å². The van der Waals surface area contributed by atoms with Gasteiger partial charge in [0.2, 0.25) is 0 Å². The molecule has 0 aliphatic carbocycles. The van der Waals surface area contributed by atoms with Crippen LogP contribution in [0, 0.1) is 0 Å². The Hall–Kier alpha value is -0.850. The van der Waals surface area contributed by atoms with E-state index in [4.69, 9.17) is 16.3 Å². The molecule has 0 N–H and O–H groups in total. The topological polar surface area (TPSA) is 55.3 Å². The predicted octanol–water partition coefficient (Wildman–Crippen LogP) is 2.28. The van der Waals surface area contributed by atoms with Gasteiger partial charge in [-0.25, -0.2) is 9.97 Å². The second-order valence-corrected chi connectivity index (χ2v) is 6.34. The average Bonchev–Trinajstić information content (AvgIpc) is 2.41. The molecule has 2 rings (SSSR count). The van der Waals surface area contributed by atoms with Gasteiger partial charge in [0.15, 0.2) is 17.3 Å². The minimum Gasteiger partial charge on any atom is -0.378 e. The Balaban J connectivity index is 2.35. The van der Waals surface area contributed by atoms with Crippen molar-refractivity contribution in [2.24, 2.45) is 0 Å². The van der Waals surface area contributed by atoms with Crippen molar-refractivity contribution in [3.05, 3.63) is 10.8 Å². The van der Waals surface area contributed by atoms with E-state index >= 15 is 0 Å². The van der Waals surface area contributed by atoms with Crippen molar-refractivity contribution in [1.29, 1.82) is 0 Å². The molecule has 0 bridgehead atoms. The highest BCUT2D eigenvalue weighted by atomic mass is 35.5. The van der Waals surface area contributed by atoms with Crippen molar-refractivity contribution in [2.75, 3.05) is 31.2 Å². The first-order chi connectivity index (χ1) is 9.11. The molecular formula is C12H16ClN3O2S. The molecular weight excluding hydrogens is 286 g/mol. The number of morpholine rings is 1. The fourth-order valence-electron chi connectivity index (χ4n) is 1.79. The van der Waals surface area contributed by atoms with Gasteiger partial charge in [-0.3, -0.25) is 4.79 Å². The summed E-state index contributed by atoms with van der Waals surface area (Å²) >= 11 is 7.61. The molecule has 0 saturated carbocycles. The van der Waals surface area contributed by atoms with Crippen LogP contribution >= 0.6 is 23.4 Å². The van der Waals surface area contributed by atoms with E-state index in [9.17, 15) is 4.79 Å². The van der Waals surface area contributed by atoms with E-state index in [-0.39, 0.29) is 5.15 Å². The number of aromatic nitrogens is 2. The van der Waals surface area contributed by atoms with Crippen LogP contribution in [0.2, 0.25) is 5.15 Å². The molecule has 0 atom stereocenters. The Morgan fingerprint density at radius 3 is 2.63 bits per heavy atom. The predicted molar refractivity (Wildman–Crippen MR) is 76.5 cm³/mol. The van der Waals surface area contributed by atoms with E-state index in [1.165, 1.54) is 0 Å². The van der Waals surface area contributed by atoms with Gasteiger partial charge in [0.05, 0.1) is 13.2 Å². The van der Waals surface area contributed by atoms with Crippen LogP contribution in [0.4, 0.5) is 5.82 Å². The second-order valence-electron chi connectivity index (χ2n) is 4.41. The van der Waals surface area contributed by atoms with Gasteiger partial charge in [-0.05, 0) is 0 Å². The SMILES string of the molecule is CC(C)Sc1nc(N2CCOCC2)c(C=O)nc1Cl. The lowest BCUT2D eigenvalue weighted by atomic mass is 10.3. The zero-order valence-corrected chi connectivity index (χ0v) is 12.5. The first-order valence-electron chi connectivity index (χ1n) is 6.14. The van der Waals surface area contributed by atoms with Crippen molar-refractivity contribution in [3.63, 3.8) is 0 Å². The number of ether oxygens (including phenoxy) is 1. The Morgan fingerprint density at radius 2 is 2.05 bits per heavy atom. The minimum absolute atomic E-state index is 0.290. The summed E-state index contributed by atoms with van der Waals surface area (Å²) in [4.78, 5) is 21.8. The molecule has 1 fully saturated rings. The number of halogens is 1. The molecule has 0 radical (unpaired) electrons. The van der Waals surface area contributed by atoms with Crippen LogP contribution in [-0.2, 0) is 4.74 Å². The molecule has 1 saturated heterocycles. The molecule has 7 heteroatoms. The van der Waals surface area contributed by atoms with Gasteiger partial charge < -0.3 is 9.64 Å². The van der Waals surface area contributed by atoms with Gasteiger partial charge in [-0.2, -0.15) is 0 Å². The summed E-state index contributed by atoms with van der Waals surface area (Å²) in [5, 5.41) is 1.31. The smallest absolute Gasteiger partial charge is 0.172 e. The Morgan fingerprint density at radius 1 is 1.37 bits per heavy atom. The van der Waals surface area contributed by atoms with Gasteiger partial charge >= 0.3 is 0 Å². The van der Waals surface area contributed by atoms with Crippen molar-refractivity contribution < 1.29 is 9.53 Å². The molecule has 1 aliphatic heterocycles. The number of thioether (sulfide) groups is 1. The van der Waals surface area contributed by atoms with Gasteiger partial charge in [0.1, 0.15) is 10.7 Å².